The van der Waals surface area contributed by atoms with Gasteiger partial charge < -0.3 is 11.1 Å². The number of hydrogen-bond donors (Lipinski definition) is 2. The molecule has 0 aliphatic heterocycles. The van der Waals surface area contributed by atoms with Gasteiger partial charge in [-0.1, -0.05) is 42.0 Å². The van der Waals surface area contributed by atoms with E-state index in [9.17, 15) is 9.18 Å². The Labute approximate surface area is 124 Å². The second kappa shape index (κ2) is 6.50. The van der Waals surface area contributed by atoms with Gasteiger partial charge in [0.15, 0.2) is 0 Å². The van der Waals surface area contributed by atoms with Crippen molar-refractivity contribution in [3.05, 3.63) is 71.0 Å². The Hall–Kier alpha value is -2.20. The molecule has 2 aromatic rings. The Morgan fingerprint density at radius 3 is 2.43 bits per heavy atom. The Morgan fingerprint density at radius 2 is 1.81 bits per heavy atom. The first-order chi connectivity index (χ1) is 9.97. The van der Waals surface area contributed by atoms with Gasteiger partial charge in [0.2, 0.25) is 5.91 Å². The van der Waals surface area contributed by atoms with Crippen molar-refractivity contribution in [3.63, 3.8) is 0 Å². The van der Waals surface area contributed by atoms with Gasteiger partial charge in [-0.25, -0.2) is 4.39 Å². The molecule has 2 rings (SSSR count). The maximum atomic E-state index is 13.2. The largest absolute Gasteiger partial charge is 0.348 e. The van der Waals surface area contributed by atoms with E-state index in [0.29, 0.717) is 5.56 Å². The molecule has 0 aliphatic rings. The lowest BCUT2D eigenvalue weighted by atomic mass is 10.0. The number of benzene rings is 2. The number of carbonyl (C=O) groups is 1. The number of aryl methyl sites for hydroxylation is 1. The summed E-state index contributed by atoms with van der Waals surface area (Å²) in [5.41, 5.74) is 8.53. The first-order valence-electron chi connectivity index (χ1n) is 6.85. The van der Waals surface area contributed by atoms with Crippen LogP contribution in [0.15, 0.2) is 48.5 Å². The maximum Gasteiger partial charge on any atom is 0.241 e. The van der Waals surface area contributed by atoms with Crippen LogP contribution in [-0.2, 0) is 4.79 Å². The molecule has 2 aromatic carbocycles. The van der Waals surface area contributed by atoms with Gasteiger partial charge in [0.05, 0.1) is 6.04 Å². The minimum absolute atomic E-state index is 0.282. The second-order valence-corrected chi connectivity index (χ2v) is 5.17. The number of amides is 1. The molecular formula is C17H19FN2O. The molecular weight excluding hydrogens is 267 g/mol. The average molecular weight is 286 g/mol. The van der Waals surface area contributed by atoms with Crippen molar-refractivity contribution in [2.24, 2.45) is 5.73 Å². The second-order valence-electron chi connectivity index (χ2n) is 5.17. The van der Waals surface area contributed by atoms with Gasteiger partial charge in [-0.2, -0.15) is 0 Å². The minimum Gasteiger partial charge on any atom is -0.348 e. The summed E-state index contributed by atoms with van der Waals surface area (Å²) in [7, 11) is 0. The van der Waals surface area contributed by atoms with Crippen LogP contribution in [0.4, 0.5) is 4.39 Å². The molecule has 110 valence electrons. The number of carbonyl (C=O) groups excluding carboxylic acids is 1. The third-order valence-corrected chi connectivity index (χ3v) is 3.43. The third kappa shape index (κ3) is 3.89. The molecule has 2 unspecified atom stereocenters. The number of nitrogens with one attached hydrogen (secondary N) is 1. The molecule has 0 bridgehead atoms. The Morgan fingerprint density at radius 1 is 1.14 bits per heavy atom. The molecule has 1 amide bonds. The fraction of sp³-hybridized carbons (Fsp3) is 0.235. The van der Waals surface area contributed by atoms with E-state index in [-0.39, 0.29) is 17.8 Å². The summed E-state index contributed by atoms with van der Waals surface area (Å²) in [6.07, 6.45) is 0. The predicted molar refractivity (Wildman–Crippen MR) is 81.1 cm³/mol. The lowest BCUT2D eigenvalue weighted by Crippen LogP contribution is -2.35. The van der Waals surface area contributed by atoms with E-state index in [1.807, 2.05) is 31.2 Å². The predicted octanol–water partition coefficient (Wildman–Crippen LogP) is 3.01. The van der Waals surface area contributed by atoms with Crippen LogP contribution < -0.4 is 11.1 Å². The van der Waals surface area contributed by atoms with Gasteiger partial charge in [0.1, 0.15) is 11.9 Å². The smallest absolute Gasteiger partial charge is 0.241 e. The molecule has 0 heterocycles. The first kappa shape index (κ1) is 15.2. The SMILES string of the molecule is Cc1ccc(C(N)C(=O)NC(C)c2cccc(F)c2)cc1. The molecule has 0 radical (unpaired) electrons. The molecule has 0 fully saturated rings. The average Bonchev–Trinajstić information content (AvgIpc) is 2.47. The van der Waals surface area contributed by atoms with Crippen LogP contribution in [0.3, 0.4) is 0 Å². The van der Waals surface area contributed by atoms with Crippen LogP contribution in [0.5, 0.6) is 0 Å². The van der Waals surface area contributed by atoms with E-state index < -0.39 is 6.04 Å². The zero-order valence-corrected chi connectivity index (χ0v) is 12.1. The van der Waals surface area contributed by atoms with Gasteiger partial charge in [-0.3, -0.25) is 4.79 Å². The Kier molecular flexibility index (Phi) is 4.70. The van der Waals surface area contributed by atoms with Gasteiger partial charge in [-0.05, 0) is 37.1 Å². The molecule has 0 aromatic heterocycles. The Balaban J connectivity index is 2.05. The van der Waals surface area contributed by atoms with Gasteiger partial charge in [-0.15, -0.1) is 0 Å². The molecule has 3 N–H and O–H groups in total. The lowest BCUT2D eigenvalue weighted by molar-refractivity contribution is -0.123. The van der Waals surface area contributed by atoms with E-state index in [4.69, 9.17) is 5.73 Å². The summed E-state index contributed by atoms with van der Waals surface area (Å²) in [5, 5.41) is 2.81. The van der Waals surface area contributed by atoms with Crippen molar-refractivity contribution in [1.82, 2.24) is 5.32 Å². The van der Waals surface area contributed by atoms with Crippen LogP contribution in [0.25, 0.3) is 0 Å². The number of halogens is 1. The molecule has 0 aliphatic carbocycles. The fourth-order valence-electron chi connectivity index (χ4n) is 2.09. The van der Waals surface area contributed by atoms with Gasteiger partial charge in [0, 0.05) is 0 Å². The minimum atomic E-state index is -0.735. The van der Waals surface area contributed by atoms with E-state index in [2.05, 4.69) is 5.32 Å². The van der Waals surface area contributed by atoms with Crippen molar-refractivity contribution in [3.8, 4) is 0 Å². The van der Waals surface area contributed by atoms with Crippen molar-refractivity contribution < 1.29 is 9.18 Å². The third-order valence-electron chi connectivity index (χ3n) is 3.43. The first-order valence-corrected chi connectivity index (χ1v) is 6.85. The van der Waals surface area contributed by atoms with Crippen molar-refractivity contribution in [1.29, 1.82) is 0 Å². The van der Waals surface area contributed by atoms with E-state index in [1.54, 1.807) is 19.1 Å². The zero-order valence-electron chi connectivity index (χ0n) is 12.1. The molecule has 2 atom stereocenters. The highest BCUT2D eigenvalue weighted by molar-refractivity contribution is 5.83. The Bertz CT molecular complexity index is 625. The van der Waals surface area contributed by atoms with Crippen LogP contribution >= 0.6 is 0 Å². The van der Waals surface area contributed by atoms with Crippen molar-refractivity contribution >= 4 is 5.91 Å². The van der Waals surface area contributed by atoms with Gasteiger partial charge in [0.25, 0.3) is 0 Å². The quantitative estimate of drug-likeness (QED) is 0.907. The standard InChI is InChI=1S/C17H19FN2O/c1-11-6-8-13(9-7-11)16(19)17(21)20-12(2)14-4-3-5-15(18)10-14/h3-10,12,16H,19H2,1-2H3,(H,20,21). The van der Waals surface area contributed by atoms with E-state index in [0.717, 1.165) is 11.1 Å². The molecule has 21 heavy (non-hydrogen) atoms. The highest BCUT2D eigenvalue weighted by Crippen LogP contribution is 2.16. The monoisotopic (exact) mass is 286 g/mol. The summed E-state index contributed by atoms with van der Waals surface area (Å²) >= 11 is 0. The molecule has 0 saturated heterocycles. The lowest BCUT2D eigenvalue weighted by Gasteiger charge is -2.18. The van der Waals surface area contributed by atoms with Crippen LogP contribution in [0, 0.1) is 12.7 Å². The number of hydrogen-bond acceptors (Lipinski definition) is 2. The number of rotatable bonds is 4. The molecule has 0 saturated carbocycles. The highest BCUT2D eigenvalue weighted by atomic mass is 19.1. The van der Waals surface area contributed by atoms with Crippen LogP contribution in [0.1, 0.15) is 35.7 Å². The summed E-state index contributed by atoms with van der Waals surface area (Å²) in [6, 6.07) is 12.6. The maximum absolute atomic E-state index is 13.2. The summed E-state index contributed by atoms with van der Waals surface area (Å²) in [4.78, 5) is 12.2. The normalized spacial score (nSPS) is 13.5. The van der Waals surface area contributed by atoms with Crippen molar-refractivity contribution in [2.45, 2.75) is 25.9 Å². The molecule has 0 spiro atoms. The highest BCUT2D eigenvalue weighted by Gasteiger charge is 2.18. The summed E-state index contributed by atoms with van der Waals surface area (Å²) < 4.78 is 13.2. The van der Waals surface area contributed by atoms with Crippen LogP contribution in [-0.4, -0.2) is 5.91 Å². The fourth-order valence-corrected chi connectivity index (χ4v) is 2.09. The van der Waals surface area contributed by atoms with Crippen LogP contribution in [0.2, 0.25) is 0 Å². The van der Waals surface area contributed by atoms with E-state index in [1.165, 1.54) is 12.1 Å². The van der Waals surface area contributed by atoms with E-state index >= 15 is 0 Å². The summed E-state index contributed by atoms with van der Waals surface area (Å²) in [6.45, 7) is 3.77. The van der Waals surface area contributed by atoms with Crippen molar-refractivity contribution in [2.75, 3.05) is 0 Å². The molecule has 3 nitrogen and oxygen atoms in total. The van der Waals surface area contributed by atoms with Gasteiger partial charge >= 0.3 is 0 Å². The summed E-state index contributed by atoms with van der Waals surface area (Å²) in [5.74, 6) is -0.605. The number of nitrogens with two attached hydrogens (primary N) is 1. The topological polar surface area (TPSA) is 55.1 Å². The zero-order chi connectivity index (χ0) is 15.4. The molecule has 4 heteroatoms.